The fourth-order valence-electron chi connectivity index (χ4n) is 1.44. The number of benzene rings is 1. The highest BCUT2D eigenvalue weighted by molar-refractivity contribution is 7.92. The molecule has 19 heavy (non-hydrogen) atoms. The van der Waals surface area contributed by atoms with E-state index in [0.29, 0.717) is 10.7 Å². The van der Waals surface area contributed by atoms with E-state index in [9.17, 15) is 8.42 Å². The summed E-state index contributed by atoms with van der Waals surface area (Å²) in [5.41, 5.74) is 0.596. The summed E-state index contributed by atoms with van der Waals surface area (Å²) in [4.78, 5) is 2.65. The molecule has 1 heterocycles. The number of aliphatic hydroxyl groups is 1. The Balaban J connectivity index is 2.33. The molecule has 3 N–H and O–H groups in total. The SMILES string of the molecule is O=S(=O)(Nc1cc(Cl)ccc1Cl)c1c[nH]c(CO)c1. The number of hydrogen-bond acceptors (Lipinski definition) is 3. The first-order valence-electron chi connectivity index (χ1n) is 5.18. The highest BCUT2D eigenvalue weighted by Gasteiger charge is 2.17. The fourth-order valence-corrected chi connectivity index (χ4v) is 2.93. The molecular weight excluding hydrogens is 311 g/mol. The topological polar surface area (TPSA) is 82.2 Å². The van der Waals surface area contributed by atoms with Crippen LogP contribution in [-0.2, 0) is 16.6 Å². The van der Waals surface area contributed by atoms with E-state index in [1.54, 1.807) is 6.07 Å². The molecule has 1 aromatic carbocycles. The van der Waals surface area contributed by atoms with Crippen molar-refractivity contribution in [3.05, 3.63) is 46.2 Å². The van der Waals surface area contributed by atoms with E-state index in [-0.39, 0.29) is 22.2 Å². The Labute approximate surface area is 120 Å². The second-order valence-electron chi connectivity index (χ2n) is 3.75. The molecule has 2 rings (SSSR count). The average Bonchev–Trinajstić information content (AvgIpc) is 2.83. The molecule has 102 valence electrons. The smallest absolute Gasteiger partial charge is 0.263 e. The lowest BCUT2D eigenvalue weighted by Gasteiger charge is -2.08. The first kappa shape index (κ1) is 14.2. The van der Waals surface area contributed by atoms with Crippen molar-refractivity contribution < 1.29 is 13.5 Å². The molecule has 0 bridgehead atoms. The molecule has 0 radical (unpaired) electrons. The van der Waals surface area contributed by atoms with Gasteiger partial charge in [0.1, 0.15) is 4.90 Å². The molecule has 5 nitrogen and oxygen atoms in total. The molecule has 0 unspecified atom stereocenters. The maximum absolute atomic E-state index is 12.1. The fraction of sp³-hybridized carbons (Fsp3) is 0.0909. The Kier molecular flexibility index (Phi) is 4.05. The Bertz CT molecular complexity index is 698. The van der Waals surface area contributed by atoms with Crippen LogP contribution in [0.2, 0.25) is 10.0 Å². The predicted molar refractivity (Wildman–Crippen MR) is 74.0 cm³/mol. The second kappa shape index (κ2) is 5.42. The normalized spacial score (nSPS) is 11.5. The molecule has 0 saturated carbocycles. The van der Waals surface area contributed by atoms with Crippen LogP contribution in [0.3, 0.4) is 0 Å². The minimum Gasteiger partial charge on any atom is -0.390 e. The minimum atomic E-state index is -3.78. The van der Waals surface area contributed by atoms with Crippen molar-refractivity contribution in [1.29, 1.82) is 0 Å². The highest BCUT2D eigenvalue weighted by Crippen LogP contribution is 2.27. The van der Waals surface area contributed by atoms with Gasteiger partial charge in [-0.05, 0) is 24.3 Å². The van der Waals surface area contributed by atoms with Gasteiger partial charge in [-0.1, -0.05) is 23.2 Å². The summed E-state index contributed by atoms with van der Waals surface area (Å²) in [6.07, 6.45) is 1.28. The molecule has 0 fully saturated rings. The van der Waals surface area contributed by atoms with Crippen LogP contribution in [0.15, 0.2) is 35.4 Å². The van der Waals surface area contributed by atoms with Crippen molar-refractivity contribution in [1.82, 2.24) is 4.98 Å². The molecule has 0 aliphatic heterocycles. The number of aromatic amines is 1. The third-order valence-electron chi connectivity index (χ3n) is 2.37. The number of halogens is 2. The van der Waals surface area contributed by atoms with Crippen LogP contribution in [0.25, 0.3) is 0 Å². The van der Waals surface area contributed by atoms with Gasteiger partial charge in [0.25, 0.3) is 10.0 Å². The van der Waals surface area contributed by atoms with Gasteiger partial charge in [-0.2, -0.15) is 0 Å². The van der Waals surface area contributed by atoms with Crippen LogP contribution in [-0.4, -0.2) is 18.5 Å². The van der Waals surface area contributed by atoms with Gasteiger partial charge in [-0.3, -0.25) is 4.72 Å². The number of rotatable bonds is 4. The standard InChI is InChI=1S/C11H10Cl2N2O3S/c12-7-1-2-10(13)11(3-7)15-19(17,18)9-4-8(6-16)14-5-9/h1-5,14-16H,6H2. The first-order chi connectivity index (χ1) is 8.92. The van der Waals surface area contributed by atoms with Gasteiger partial charge in [0.15, 0.2) is 0 Å². The molecule has 0 spiro atoms. The van der Waals surface area contributed by atoms with Gasteiger partial charge in [0, 0.05) is 16.9 Å². The summed E-state index contributed by atoms with van der Waals surface area (Å²) in [6.45, 7) is -0.270. The second-order valence-corrected chi connectivity index (χ2v) is 6.27. The zero-order valence-electron chi connectivity index (χ0n) is 9.52. The summed E-state index contributed by atoms with van der Waals surface area (Å²) in [7, 11) is -3.78. The third kappa shape index (κ3) is 3.22. The number of sulfonamides is 1. The van der Waals surface area contributed by atoms with Gasteiger partial charge < -0.3 is 10.1 Å². The van der Waals surface area contributed by atoms with Crippen LogP contribution in [0, 0.1) is 0 Å². The molecule has 0 amide bonds. The maximum atomic E-state index is 12.1. The van der Waals surface area contributed by atoms with Gasteiger partial charge in [0.05, 0.1) is 17.3 Å². The molecule has 2 aromatic rings. The van der Waals surface area contributed by atoms with Crippen molar-refractivity contribution in [2.24, 2.45) is 0 Å². The van der Waals surface area contributed by atoms with Crippen molar-refractivity contribution in [2.45, 2.75) is 11.5 Å². The lowest BCUT2D eigenvalue weighted by Crippen LogP contribution is -2.12. The monoisotopic (exact) mass is 320 g/mol. The summed E-state index contributed by atoms with van der Waals surface area (Å²) in [5.74, 6) is 0. The van der Waals surface area contributed by atoms with Crippen LogP contribution in [0.5, 0.6) is 0 Å². The van der Waals surface area contributed by atoms with E-state index in [1.807, 2.05) is 0 Å². The average molecular weight is 321 g/mol. The molecular formula is C11H10Cl2N2O3S. The van der Waals surface area contributed by atoms with E-state index in [0.717, 1.165) is 0 Å². The molecule has 0 aliphatic carbocycles. The van der Waals surface area contributed by atoms with E-state index >= 15 is 0 Å². The first-order valence-corrected chi connectivity index (χ1v) is 7.42. The number of aromatic nitrogens is 1. The highest BCUT2D eigenvalue weighted by atomic mass is 35.5. The third-order valence-corrected chi connectivity index (χ3v) is 4.28. The number of hydrogen-bond donors (Lipinski definition) is 3. The zero-order valence-corrected chi connectivity index (χ0v) is 11.9. The van der Waals surface area contributed by atoms with Gasteiger partial charge in [-0.15, -0.1) is 0 Å². The molecule has 1 aromatic heterocycles. The number of H-pyrrole nitrogens is 1. The zero-order chi connectivity index (χ0) is 14.0. The van der Waals surface area contributed by atoms with Crippen LogP contribution < -0.4 is 4.72 Å². The summed E-state index contributed by atoms with van der Waals surface area (Å²) < 4.78 is 26.5. The van der Waals surface area contributed by atoms with Gasteiger partial charge >= 0.3 is 0 Å². The van der Waals surface area contributed by atoms with E-state index in [4.69, 9.17) is 28.3 Å². The molecule has 0 aliphatic rings. The minimum absolute atomic E-state index is 0.00703. The van der Waals surface area contributed by atoms with Crippen LogP contribution in [0.4, 0.5) is 5.69 Å². The number of anilines is 1. The number of nitrogens with one attached hydrogen (secondary N) is 2. The summed E-state index contributed by atoms with van der Waals surface area (Å²) in [6, 6.07) is 5.81. The quantitative estimate of drug-likeness (QED) is 0.809. The van der Waals surface area contributed by atoms with Gasteiger partial charge in [-0.25, -0.2) is 8.42 Å². The van der Waals surface area contributed by atoms with Gasteiger partial charge in [0.2, 0.25) is 0 Å². The summed E-state index contributed by atoms with van der Waals surface area (Å²) in [5, 5.41) is 9.51. The van der Waals surface area contributed by atoms with Crippen molar-refractivity contribution in [2.75, 3.05) is 4.72 Å². The number of aliphatic hydroxyl groups excluding tert-OH is 1. The van der Waals surface area contributed by atoms with E-state index in [2.05, 4.69) is 9.71 Å². The van der Waals surface area contributed by atoms with E-state index in [1.165, 1.54) is 24.4 Å². The lowest BCUT2D eigenvalue weighted by atomic mass is 10.3. The van der Waals surface area contributed by atoms with Crippen LogP contribution in [0.1, 0.15) is 5.69 Å². The molecule has 8 heteroatoms. The van der Waals surface area contributed by atoms with E-state index < -0.39 is 10.0 Å². The van der Waals surface area contributed by atoms with Crippen molar-refractivity contribution in [3.8, 4) is 0 Å². The largest absolute Gasteiger partial charge is 0.390 e. The Morgan fingerprint density at radius 3 is 2.63 bits per heavy atom. The Morgan fingerprint density at radius 2 is 2.00 bits per heavy atom. The Morgan fingerprint density at radius 1 is 1.26 bits per heavy atom. The molecule has 0 saturated heterocycles. The van der Waals surface area contributed by atoms with Crippen molar-refractivity contribution in [3.63, 3.8) is 0 Å². The lowest BCUT2D eigenvalue weighted by molar-refractivity contribution is 0.277. The summed E-state index contributed by atoms with van der Waals surface area (Å²) >= 11 is 11.7. The maximum Gasteiger partial charge on any atom is 0.263 e. The van der Waals surface area contributed by atoms with Crippen LogP contribution >= 0.6 is 23.2 Å². The predicted octanol–water partition coefficient (Wildman–Crippen LogP) is 2.61. The Hall–Kier alpha value is -1.21. The molecule has 0 atom stereocenters. The van der Waals surface area contributed by atoms with Crippen molar-refractivity contribution >= 4 is 38.9 Å².